The van der Waals surface area contributed by atoms with Crippen LogP contribution in [0.25, 0.3) is 0 Å². The normalized spacial score (nSPS) is 27.4. The van der Waals surface area contributed by atoms with Crippen LogP contribution in [0.1, 0.15) is 59.3 Å². The van der Waals surface area contributed by atoms with E-state index >= 15 is 0 Å². The molecule has 0 radical (unpaired) electrons. The first kappa shape index (κ1) is 17.8. The molecule has 0 aromatic heterocycles. The molecule has 2 fully saturated rings. The van der Waals surface area contributed by atoms with Crippen LogP contribution >= 0.6 is 0 Å². The summed E-state index contributed by atoms with van der Waals surface area (Å²) < 4.78 is 0. The molecule has 6 nitrogen and oxygen atoms in total. The van der Waals surface area contributed by atoms with Crippen molar-refractivity contribution in [3.05, 3.63) is 0 Å². The van der Waals surface area contributed by atoms with Crippen LogP contribution < -0.4 is 5.32 Å². The van der Waals surface area contributed by atoms with Crippen molar-refractivity contribution in [2.24, 2.45) is 11.3 Å². The van der Waals surface area contributed by atoms with E-state index in [2.05, 4.69) is 5.32 Å². The lowest BCUT2D eigenvalue weighted by atomic mass is 9.85. The minimum absolute atomic E-state index is 0.0249. The zero-order chi connectivity index (χ0) is 17.2. The largest absolute Gasteiger partial charge is 0.480 e. The Morgan fingerprint density at radius 1 is 1.17 bits per heavy atom. The van der Waals surface area contributed by atoms with Gasteiger partial charge >= 0.3 is 5.97 Å². The number of aliphatic carboxylic acids is 1. The molecule has 23 heavy (non-hydrogen) atoms. The smallest absolute Gasteiger partial charge is 0.326 e. The van der Waals surface area contributed by atoms with Crippen molar-refractivity contribution in [1.29, 1.82) is 0 Å². The first-order chi connectivity index (χ1) is 10.7. The Labute approximate surface area is 137 Å². The third-order valence-corrected chi connectivity index (χ3v) is 4.79. The van der Waals surface area contributed by atoms with E-state index in [1.54, 1.807) is 0 Å². The van der Waals surface area contributed by atoms with Gasteiger partial charge in [0.05, 0.1) is 6.54 Å². The van der Waals surface area contributed by atoms with E-state index in [0.717, 1.165) is 25.7 Å². The summed E-state index contributed by atoms with van der Waals surface area (Å²) in [6, 6.07) is -0.716. The average molecular weight is 324 g/mol. The molecule has 1 aliphatic heterocycles. The highest BCUT2D eigenvalue weighted by molar-refractivity contribution is 5.88. The molecular formula is C17H28N2O4. The van der Waals surface area contributed by atoms with Gasteiger partial charge in [-0.1, -0.05) is 33.6 Å². The summed E-state index contributed by atoms with van der Waals surface area (Å²) >= 11 is 0. The molecule has 2 N–H and O–H groups in total. The number of nitrogens with one attached hydrogen (secondary N) is 1. The van der Waals surface area contributed by atoms with Crippen LogP contribution in [-0.4, -0.2) is 46.4 Å². The second-order valence-corrected chi connectivity index (χ2v) is 8.02. The summed E-state index contributed by atoms with van der Waals surface area (Å²) in [5, 5.41) is 12.1. The number of hydrogen-bond acceptors (Lipinski definition) is 3. The molecule has 3 unspecified atom stereocenters. The number of rotatable bonds is 4. The Balaban J connectivity index is 1.98. The first-order valence-corrected chi connectivity index (χ1v) is 8.50. The quantitative estimate of drug-likeness (QED) is 0.825. The fourth-order valence-electron chi connectivity index (χ4n) is 3.85. The molecule has 6 heteroatoms. The number of hydrogen-bond donors (Lipinski definition) is 2. The molecule has 3 atom stereocenters. The van der Waals surface area contributed by atoms with Gasteiger partial charge in [-0.3, -0.25) is 9.59 Å². The molecule has 2 rings (SSSR count). The SMILES string of the molecule is CC(C)(C)CC(=O)NCC(=O)N1C(C(=O)O)CC2CCCCC21. The molecule has 0 aromatic carbocycles. The van der Waals surface area contributed by atoms with Gasteiger partial charge in [-0.15, -0.1) is 0 Å². The lowest BCUT2D eigenvalue weighted by molar-refractivity contribution is -0.149. The molecule has 1 saturated carbocycles. The van der Waals surface area contributed by atoms with Crippen LogP contribution in [0.2, 0.25) is 0 Å². The third kappa shape index (κ3) is 4.45. The van der Waals surface area contributed by atoms with Crippen molar-refractivity contribution in [2.75, 3.05) is 6.54 Å². The van der Waals surface area contributed by atoms with Crippen LogP contribution in [0.5, 0.6) is 0 Å². The lowest BCUT2D eigenvalue weighted by Gasteiger charge is -2.33. The second kappa shape index (κ2) is 6.89. The fraction of sp³-hybridized carbons (Fsp3) is 0.824. The Hall–Kier alpha value is -1.59. The van der Waals surface area contributed by atoms with Gasteiger partial charge in [0.15, 0.2) is 0 Å². The zero-order valence-corrected chi connectivity index (χ0v) is 14.3. The molecule has 2 aliphatic rings. The van der Waals surface area contributed by atoms with Crippen LogP contribution in [0, 0.1) is 11.3 Å². The van der Waals surface area contributed by atoms with E-state index in [1.807, 2.05) is 20.8 Å². The van der Waals surface area contributed by atoms with Crippen LogP contribution in [0.3, 0.4) is 0 Å². The molecule has 0 aromatic rings. The monoisotopic (exact) mass is 324 g/mol. The number of carbonyl (C=O) groups excluding carboxylic acids is 2. The van der Waals surface area contributed by atoms with Gasteiger partial charge in [-0.25, -0.2) is 4.79 Å². The summed E-state index contributed by atoms with van der Waals surface area (Å²) in [7, 11) is 0. The van der Waals surface area contributed by atoms with Gasteiger partial charge in [-0.2, -0.15) is 0 Å². The maximum Gasteiger partial charge on any atom is 0.326 e. The van der Waals surface area contributed by atoms with Crippen molar-refractivity contribution in [3.63, 3.8) is 0 Å². The Morgan fingerprint density at radius 3 is 2.43 bits per heavy atom. The van der Waals surface area contributed by atoms with E-state index in [1.165, 1.54) is 4.90 Å². The number of likely N-dealkylation sites (tertiary alicyclic amines) is 1. The highest BCUT2D eigenvalue weighted by atomic mass is 16.4. The maximum atomic E-state index is 12.5. The number of nitrogens with zero attached hydrogens (tertiary/aromatic N) is 1. The predicted molar refractivity (Wildman–Crippen MR) is 85.7 cm³/mol. The Kier molecular flexibility index (Phi) is 5.32. The molecule has 1 heterocycles. The number of carboxylic acids is 1. The predicted octanol–water partition coefficient (Wildman–Crippen LogP) is 1.78. The summed E-state index contributed by atoms with van der Waals surface area (Å²) in [5.74, 6) is -1.08. The van der Waals surface area contributed by atoms with Gasteiger partial charge in [0.25, 0.3) is 0 Å². The molecule has 1 saturated heterocycles. The molecule has 1 aliphatic carbocycles. The second-order valence-electron chi connectivity index (χ2n) is 8.02. The van der Waals surface area contributed by atoms with Crippen molar-refractivity contribution in [1.82, 2.24) is 10.2 Å². The summed E-state index contributed by atoms with van der Waals surface area (Å²) in [6.45, 7) is 5.77. The molecule has 0 spiro atoms. The molecule has 2 amide bonds. The molecule has 130 valence electrons. The van der Waals surface area contributed by atoms with Crippen molar-refractivity contribution >= 4 is 17.8 Å². The van der Waals surface area contributed by atoms with Crippen molar-refractivity contribution < 1.29 is 19.5 Å². The fourth-order valence-corrected chi connectivity index (χ4v) is 3.85. The highest BCUT2D eigenvalue weighted by Gasteiger charge is 2.47. The number of amides is 2. The summed E-state index contributed by atoms with van der Waals surface area (Å²) in [6.07, 6.45) is 4.90. The van der Waals surface area contributed by atoms with Crippen molar-refractivity contribution in [3.8, 4) is 0 Å². The van der Waals surface area contributed by atoms with Crippen molar-refractivity contribution in [2.45, 2.75) is 71.4 Å². The Bertz CT molecular complexity index is 483. The van der Waals surface area contributed by atoms with Gasteiger partial charge in [-0.05, 0) is 30.6 Å². The highest BCUT2D eigenvalue weighted by Crippen LogP contribution is 2.39. The number of fused-ring (bicyclic) bond motifs is 1. The van der Waals surface area contributed by atoms with Crippen LogP contribution in [-0.2, 0) is 14.4 Å². The maximum absolute atomic E-state index is 12.5. The Morgan fingerprint density at radius 2 is 1.83 bits per heavy atom. The zero-order valence-electron chi connectivity index (χ0n) is 14.3. The average Bonchev–Trinajstić information content (AvgIpc) is 2.82. The first-order valence-electron chi connectivity index (χ1n) is 8.50. The molecule has 0 bridgehead atoms. The standard InChI is InChI=1S/C17H28N2O4/c1-17(2,3)9-14(20)18-10-15(21)19-12-7-5-4-6-11(12)8-13(19)16(22)23/h11-13H,4-10H2,1-3H3,(H,18,20)(H,22,23). The van der Waals surface area contributed by atoms with E-state index in [-0.39, 0.29) is 29.8 Å². The van der Waals surface area contributed by atoms with E-state index in [4.69, 9.17) is 0 Å². The topological polar surface area (TPSA) is 86.7 Å². The number of carbonyl (C=O) groups is 3. The third-order valence-electron chi connectivity index (χ3n) is 4.79. The van der Waals surface area contributed by atoms with Gasteiger partial charge in [0.2, 0.25) is 11.8 Å². The van der Waals surface area contributed by atoms with Crippen LogP contribution in [0.15, 0.2) is 0 Å². The minimum Gasteiger partial charge on any atom is -0.480 e. The van der Waals surface area contributed by atoms with Gasteiger partial charge in [0.1, 0.15) is 6.04 Å². The lowest BCUT2D eigenvalue weighted by Crippen LogP contribution is -2.50. The van der Waals surface area contributed by atoms with E-state index in [0.29, 0.717) is 18.8 Å². The summed E-state index contributed by atoms with van der Waals surface area (Å²) in [4.78, 5) is 37.4. The van der Waals surface area contributed by atoms with E-state index < -0.39 is 12.0 Å². The molecular weight excluding hydrogens is 296 g/mol. The summed E-state index contributed by atoms with van der Waals surface area (Å²) in [5.41, 5.74) is -0.140. The van der Waals surface area contributed by atoms with Gasteiger partial charge in [0, 0.05) is 12.5 Å². The van der Waals surface area contributed by atoms with Crippen LogP contribution in [0.4, 0.5) is 0 Å². The van der Waals surface area contributed by atoms with E-state index in [9.17, 15) is 19.5 Å². The van der Waals surface area contributed by atoms with Gasteiger partial charge < -0.3 is 15.3 Å². The minimum atomic E-state index is -0.936. The number of carboxylic acid groups (broad SMARTS) is 1.